The summed E-state index contributed by atoms with van der Waals surface area (Å²) in [7, 11) is -4.05. The molecule has 0 aromatic heterocycles. The molecule has 1 rings (SSSR count). The molecule has 0 heterocycles. The Morgan fingerprint density at radius 3 is 2.07 bits per heavy atom. The van der Waals surface area contributed by atoms with Gasteiger partial charge in [0, 0.05) is 0 Å². The second-order valence-electron chi connectivity index (χ2n) is 2.43. The monoisotopic (exact) mass is 253 g/mol. The van der Waals surface area contributed by atoms with Crippen LogP contribution >= 0.6 is 23.2 Å². The van der Waals surface area contributed by atoms with Crippen molar-refractivity contribution >= 4 is 39.5 Å². The van der Waals surface area contributed by atoms with E-state index in [1.165, 1.54) is 12.1 Å². The number of hydrogen-bond acceptors (Lipinski definition) is 3. The van der Waals surface area contributed by atoms with Gasteiger partial charge >= 0.3 is 0 Å². The average Bonchev–Trinajstić information content (AvgIpc) is 2.06. The summed E-state index contributed by atoms with van der Waals surface area (Å²) in [6, 6.07) is 2.58. The van der Waals surface area contributed by atoms with Crippen LogP contribution in [-0.4, -0.2) is 14.7 Å². The number of rotatable bonds is 2. The summed E-state index contributed by atoms with van der Waals surface area (Å²) < 4.78 is 22.1. The number of hydrogen-bond donors (Lipinski definition) is 1. The summed E-state index contributed by atoms with van der Waals surface area (Å²) in [4.78, 5) is 10.1. The number of halogens is 2. The molecule has 0 saturated heterocycles. The first-order chi connectivity index (χ1) is 6.38. The summed E-state index contributed by atoms with van der Waals surface area (Å²) in [5.41, 5.74) is -0.221. The minimum absolute atomic E-state index is 0.00609. The molecule has 0 aliphatic rings. The summed E-state index contributed by atoms with van der Waals surface area (Å²) in [6.07, 6.45) is 0.300. The van der Waals surface area contributed by atoms with Crippen molar-refractivity contribution < 1.29 is 13.2 Å². The Morgan fingerprint density at radius 1 is 1.21 bits per heavy atom. The topological polar surface area (TPSA) is 77.2 Å². The van der Waals surface area contributed by atoms with E-state index >= 15 is 0 Å². The summed E-state index contributed by atoms with van der Waals surface area (Å²) >= 11 is 11.2. The predicted molar refractivity (Wildman–Crippen MR) is 53.2 cm³/mol. The normalized spacial score (nSPS) is 11.4. The molecule has 0 aliphatic carbocycles. The number of carbonyl (C=O) groups is 1. The molecule has 0 unspecified atom stereocenters. The Morgan fingerprint density at radius 2 is 1.71 bits per heavy atom. The van der Waals surface area contributed by atoms with E-state index < -0.39 is 14.9 Å². The highest BCUT2D eigenvalue weighted by Crippen LogP contribution is 2.28. The second-order valence-corrected chi connectivity index (χ2v) is 4.75. The van der Waals surface area contributed by atoms with Crippen molar-refractivity contribution in [3.05, 3.63) is 27.7 Å². The minimum atomic E-state index is -4.05. The molecule has 0 aliphatic heterocycles. The van der Waals surface area contributed by atoms with E-state index in [4.69, 9.17) is 28.3 Å². The van der Waals surface area contributed by atoms with Crippen molar-refractivity contribution in [3.63, 3.8) is 0 Å². The maximum absolute atomic E-state index is 11.1. The third kappa shape index (κ3) is 2.06. The van der Waals surface area contributed by atoms with Crippen LogP contribution in [0, 0.1) is 0 Å². The van der Waals surface area contributed by atoms with E-state index in [1.807, 2.05) is 0 Å². The first-order valence-electron chi connectivity index (χ1n) is 3.34. The van der Waals surface area contributed by atoms with Gasteiger partial charge in [-0.25, -0.2) is 13.6 Å². The Labute approximate surface area is 90.7 Å². The molecule has 14 heavy (non-hydrogen) atoms. The van der Waals surface area contributed by atoms with Crippen LogP contribution < -0.4 is 5.14 Å². The van der Waals surface area contributed by atoms with E-state index in [2.05, 4.69) is 0 Å². The number of carbonyl (C=O) groups excluding carboxylic acids is 1. The molecule has 7 heteroatoms. The molecule has 0 atom stereocenters. The van der Waals surface area contributed by atoms with E-state index in [9.17, 15) is 13.2 Å². The maximum atomic E-state index is 11.1. The SMILES string of the molecule is NS(=O)(=O)c1c(Cl)ccc(Cl)c1C=O. The van der Waals surface area contributed by atoms with Crippen LogP contribution in [0.3, 0.4) is 0 Å². The molecule has 0 fully saturated rings. The van der Waals surface area contributed by atoms with E-state index in [-0.39, 0.29) is 15.6 Å². The van der Waals surface area contributed by atoms with E-state index in [0.717, 1.165) is 0 Å². The zero-order valence-corrected chi connectivity index (χ0v) is 9.03. The quantitative estimate of drug-likeness (QED) is 0.811. The fraction of sp³-hybridized carbons (Fsp3) is 0. The van der Waals surface area contributed by atoms with Crippen molar-refractivity contribution in [2.75, 3.05) is 0 Å². The Bertz CT molecular complexity index is 484. The van der Waals surface area contributed by atoms with Gasteiger partial charge in [-0.3, -0.25) is 4.79 Å². The second kappa shape index (κ2) is 3.86. The van der Waals surface area contributed by atoms with E-state index in [0.29, 0.717) is 6.29 Å². The highest BCUT2D eigenvalue weighted by atomic mass is 35.5. The lowest BCUT2D eigenvalue weighted by molar-refractivity contribution is 0.112. The van der Waals surface area contributed by atoms with Crippen molar-refractivity contribution in [1.29, 1.82) is 0 Å². The van der Waals surface area contributed by atoms with Crippen molar-refractivity contribution in [2.24, 2.45) is 5.14 Å². The Kier molecular flexibility index (Phi) is 3.16. The molecule has 4 nitrogen and oxygen atoms in total. The molecule has 1 aromatic rings. The standard InChI is InChI=1S/C7H5Cl2NO3S/c8-5-1-2-6(9)7(4(5)3-11)14(10,12)13/h1-3H,(H2,10,12,13). The van der Waals surface area contributed by atoms with Gasteiger partial charge in [-0.15, -0.1) is 0 Å². The zero-order chi connectivity index (χ0) is 10.9. The van der Waals surface area contributed by atoms with Gasteiger partial charge in [-0.1, -0.05) is 23.2 Å². The molecule has 0 bridgehead atoms. The third-order valence-corrected chi connectivity index (χ3v) is 3.26. The number of nitrogens with two attached hydrogens (primary N) is 1. The number of aldehydes is 1. The van der Waals surface area contributed by atoms with Gasteiger partial charge < -0.3 is 0 Å². The molecular formula is C7H5Cl2NO3S. The van der Waals surface area contributed by atoms with Crippen molar-refractivity contribution in [2.45, 2.75) is 4.90 Å². The van der Waals surface area contributed by atoms with Crippen LogP contribution in [0.2, 0.25) is 10.0 Å². The van der Waals surface area contributed by atoms with Crippen LogP contribution in [-0.2, 0) is 10.0 Å². The molecule has 0 amide bonds. The van der Waals surface area contributed by atoms with Crippen LogP contribution in [0.4, 0.5) is 0 Å². The van der Waals surface area contributed by atoms with Crippen LogP contribution in [0.5, 0.6) is 0 Å². The Hall–Kier alpha value is -0.620. The smallest absolute Gasteiger partial charge is 0.240 e. The molecule has 2 N–H and O–H groups in total. The maximum Gasteiger partial charge on any atom is 0.240 e. The van der Waals surface area contributed by atoms with Gasteiger partial charge in [0.05, 0.1) is 15.6 Å². The number of benzene rings is 1. The molecule has 1 aromatic carbocycles. The largest absolute Gasteiger partial charge is 0.298 e. The lowest BCUT2D eigenvalue weighted by atomic mass is 10.2. The van der Waals surface area contributed by atoms with Gasteiger partial charge in [0.2, 0.25) is 10.0 Å². The fourth-order valence-corrected chi connectivity index (χ4v) is 2.50. The van der Waals surface area contributed by atoms with Crippen molar-refractivity contribution in [1.82, 2.24) is 0 Å². The lowest BCUT2D eigenvalue weighted by Crippen LogP contribution is -2.15. The van der Waals surface area contributed by atoms with Gasteiger partial charge in [-0.05, 0) is 12.1 Å². The molecule has 0 saturated carbocycles. The van der Waals surface area contributed by atoms with Crippen LogP contribution in [0.25, 0.3) is 0 Å². The minimum Gasteiger partial charge on any atom is -0.298 e. The lowest BCUT2D eigenvalue weighted by Gasteiger charge is -2.05. The number of sulfonamides is 1. The summed E-state index contributed by atoms with van der Waals surface area (Å²) in [5.74, 6) is 0. The zero-order valence-electron chi connectivity index (χ0n) is 6.70. The number of primary sulfonamides is 1. The van der Waals surface area contributed by atoms with Crippen molar-refractivity contribution in [3.8, 4) is 0 Å². The molecule has 76 valence electrons. The highest BCUT2D eigenvalue weighted by Gasteiger charge is 2.20. The van der Waals surface area contributed by atoms with Gasteiger partial charge in [0.25, 0.3) is 0 Å². The first-order valence-corrected chi connectivity index (χ1v) is 5.64. The van der Waals surface area contributed by atoms with Gasteiger partial charge in [0.1, 0.15) is 4.90 Å². The first kappa shape index (κ1) is 11.5. The summed E-state index contributed by atoms with van der Waals surface area (Å²) in [6.45, 7) is 0. The molecule has 0 spiro atoms. The van der Waals surface area contributed by atoms with Crippen LogP contribution in [0.15, 0.2) is 17.0 Å². The fourth-order valence-electron chi connectivity index (χ4n) is 0.948. The molecular weight excluding hydrogens is 249 g/mol. The third-order valence-electron chi connectivity index (χ3n) is 1.50. The Balaban J connectivity index is 3.71. The average molecular weight is 254 g/mol. The van der Waals surface area contributed by atoms with E-state index in [1.54, 1.807) is 0 Å². The highest BCUT2D eigenvalue weighted by molar-refractivity contribution is 7.89. The molecule has 0 radical (unpaired) electrons. The summed E-state index contributed by atoms with van der Waals surface area (Å²) in [5, 5.41) is 4.74. The van der Waals surface area contributed by atoms with Gasteiger partial charge in [0.15, 0.2) is 6.29 Å². The van der Waals surface area contributed by atoms with Gasteiger partial charge in [-0.2, -0.15) is 0 Å². The van der Waals surface area contributed by atoms with Crippen LogP contribution in [0.1, 0.15) is 10.4 Å². The predicted octanol–water partition coefficient (Wildman–Crippen LogP) is 1.45.